The van der Waals surface area contributed by atoms with Crippen LogP contribution in [0.1, 0.15) is 48.0 Å². The molecule has 6 rings (SSSR count). The number of amides is 1. The Kier molecular flexibility index (Phi) is 6.04. The summed E-state index contributed by atoms with van der Waals surface area (Å²) in [6.45, 7) is 2.25. The number of imidazole rings is 1. The molecular formula is C24H28N6O4. The Morgan fingerprint density at radius 1 is 1.24 bits per heavy atom. The van der Waals surface area contributed by atoms with Crippen molar-refractivity contribution < 1.29 is 19.1 Å². The van der Waals surface area contributed by atoms with E-state index in [4.69, 9.17) is 14.3 Å². The standard InChI is InChI=1S/C23H26N6O2.CH2O2/c30-21(28-10-9-18-19(12-28)25-15-24-18)23(11-16-5-2-1-3-6-16)13-29(14-23)22-27-26-20(31-22)17-7-4-8-17;2-1-3/h1-3,5-6,15,17H,4,7-14H2,(H,24,25);1H,(H,2,3). The maximum atomic E-state index is 13.8. The molecule has 178 valence electrons. The zero-order valence-corrected chi connectivity index (χ0v) is 18.9. The van der Waals surface area contributed by atoms with Gasteiger partial charge in [0.1, 0.15) is 0 Å². The fourth-order valence-electron chi connectivity index (χ4n) is 5.02. The van der Waals surface area contributed by atoms with Crippen molar-refractivity contribution >= 4 is 18.4 Å². The van der Waals surface area contributed by atoms with Crippen LogP contribution in [0, 0.1) is 5.41 Å². The Labute approximate surface area is 197 Å². The van der Waals surface area contributed by atoms with Crippen LogP contribution in [-0.2, 0) is 29.0 Å². The third-order valence-corrected chi connectivity index (χ3v) is 7.04. The average molecular weight is 465 g/mol. The molecule has 0 atom stereocenters. The number of rotatable bonds is 5. The summed E-state index contributed by atoms with van der Waals surface area (Å²) >= 11 is 0. The molecule has 2 N–H and O–H groups in total. The highest BCUT2D eigenvalue weighted by Gasteiger charge is 2.52. The lowest BCUT2D eigenvalue weighted by atomic mass is 9.73. The first-order valence-electron chi connectivity index (χ1n) is 11.6. The van der Waals surface area contributed by atoms with Gasteiger partial charge < -0.3 is 24.3 Å². The zero-order valence-electron chi connectivity index (χ0n) is 18.9. The molecule has 1 amide bonds. The summed E-state index contributed by atoms with van der Waals surface area (Å²) < 4.78 is 5.96. The van der Waals surface area contributed by atoms with Crippen LogP contribution in [0.5, 0.6) is 0 Å². The van der Waals surface area contributed by atoms with Crippen molar-refractivity contribution in [3.8, 4) is 0 Å². The van der Waals surface area contributed by atoms with Gasteiger partial charge in [0.2, 0.25) is 11.8 Å². The Morgan fingerprint density at radius 3 is 2.71 bits per heavy atom. The van der Waals surface area contributed by atoms with Gasteiger partial charge in [0.25, 0.3) is 6.47 Å². The number of H-pyrrole nitrogens is 1. The molecule has 0 radical (unpaired) electrons. The van der Waals surface area contributed by atoms with Crippen LogP contribution < -0.4 is 4.90 Å². The third kappa shape index (κ3) is 4.15. The molecule has 1 aliphatic carbocycles. The number of hydrogen-bond acceptors (Lipinski definition) is 7. The Bertz CT molecular complexity index is 1130. The van der Waals surface area contributed by atoms with E-state index in [0.29, 0.717) is 44.5 Å². The van der Waals surface area contributed by atoms with E-state index in [1.165, 1.54) is 12.0 Å². The van der Waals surface area contributed by atoms with Gasteiger partial charge >= 0.3 is 6.01 Å². The summed E-state index contributed by atoms with van der Waals surface area (Å²) in [7, 11) is 0. The number of anilines is 1. The molecule has 2 fully saturated rings. The highest BCUT2D eigenvalue weighted by atomic mass is 16.4. The number of hydrogen-bond donors (Lipinski definition) is 2. The average Bonchev–Trinajstić information content (AvgIpc) is 3.45. The first-order valence-corrected chi connectivity index (χ1v) is 11.6. The smallest absolute Gasteiger partial charge is 0.318 e. The molecule has 0 bridgehead atoms. The number of benzene rings is 1. The molecular weight excluding hydrogens is 436 g/mol. The molecule has 0 spiro atoms. The van der Waals surface area contributed by atoms with Crippen LogP contribution in [0.2, 0.25) is 0 Å². The lowest BCUT2D eigenvalue weighted by molar-refractivity contribution is -0.145. The molecule has 1 saturated carbocycles. The van der Waals surface area contributed by atoms with Gasteiger partial charge in [-0.1, -0.05) is 41.9 Å². The largest absolute Gasteiger partial charge is 0.483 e. The van der Waals surface area contributed by atoms with Crippen molar-refractivity contribution in [2.45, 2.75) is 44.6 Å². The summed E-state index contributed by atoms with van der Waals surface area (Å²) in [5.41, 5.74) is 2.82. The van der Waals surface area contributed by atoms with Crippen LogP contribution in [0.4, 0.5) is 6.01 Å². The topological polar surface area (TPSA) is 128 Å². The zero-order chi connectivity index (χ0) is 23.5. The monoisotopic (exact) mass is 464 g/mol. The number of aromatic nitrogens is 4. The lowest BCUT2D eigenvalue weighted by Crippen LogP contribution is -2.65. The predicted molar refractivity (Wildman–Crippen MR) is 122 cm³/mol. The van der Waals surface area contributed by atoms with E-state index in [9.17, 15) is 4.79 Å². The second kappa shape index (κ2) is 9.28. The molecule has 2 aliphatic heterocycles. The highest BCUT2D eigenvalue weighted by molar-refractivity contribution is 5.86. The minimum Gasteiger partial charge on any atom is -0.483 e. The van der Waals surface area contributed by atoms with E-state index in [1.807, 2.05) is 23.1 Å². The van der Waals surface area contributed by atoms with Gasteiger partial charge in [0, 0.05) is 32.0 Å². The van der Waals surface area contributed by atoms with Crippen molar-refractivity contribution in [2.24, 2.45) is 5.41 Å². The number of carbonyl (C=O) groups is 2. The molecule has 3 aliphatic rings. The number of carboxylic acid groups (broad SMARTS) is 1. The fraction of sp³-hybridized carbons (Fsp3) is 0.458. The molecule has 1 aromatic carbocycles. The maximum Gasteiger partial charge on any atom is 0.318 e. The van der Waals surface area contributed by atoms with Gasteiger partial charge in [-0.05, 0) is 24.8 Å². The number of nitrogens with one attached hydrogen (secondary N) is 1. The van der Waals surface area contributed by atoms with Crippen LogP contribution in [0.15, 0.2) is 41.1 Å². The highest BCUT2D eigenvalue weighted by Crippen LogP contribution is 2.41. The quantitative estimate of drug-likeness (QED) is 0.551. The lowest BCUT2D eigenvalue weighted by Gasteiger charge is -2.50. The summed E-state index contributed by atoms with van der Waals surface area (Å²) in [5.74, 6) is 1.36. The van der Waals surface area contributed by atoms with Crippen LogP contribution in [0.25, 0.3) is 0 Å². The van der Waals surface area contributed by atoms with Gasteiger partial charge in [-0.25, -0.2) is 4.98 Å². The van der Waals surface area contributed by atoms with E-state index >= 15 is 0 Å². The first kappa shape index (κ1) is 22.1. The Hall–Kier alpha value is -3.69. The van der Waals surface area contributed by atoms with E-state index in [1.54, 1.807) is 6.33 Å². The van der Waals surface area contributed by atoms with Crippen molar-refractivity contribution in [2.75, 3.05) is 24.5 Å². The first-order chi connectivity index (χ1) is 16.6. The predicted octanol–water partition coefficient (Wildman–Crippen LogP) is 2.39. The number of nitrogens with zero attached hydrogens (tertiary/aromatic N) is 5. The number of fused-ring (bicyclic) bond motifs is 1. The summed E-state index contributed by atoms with van der Waals surface area (Å²) in [6.07, 6.45) is 6.71. The SMILES string of the molecule is O=C(N1CCc2nc[nH]c2C1)C1(Cc2ccccc2)CN(c2nnc(C3CCC3)o2)C1.O=CO. The van der Waals surface area contributed by atoms with Crippen LogP contribution in [0.3, 0.4) is 0 Å². The second-order valence-corrected chi connectivity index (χ2v) is 9.26. The number of carbonyl (C=O) groups excluding carboxylic acids is 1. The summed E-state index contributed by atoms with van der Waals surface area (Å²) in [5, 5.41) is 15.4. The maximum absolute atomic E-state index is 13.8. The molecule has 3 aromatic rings. The van der Waals surface area contributed by atoms with E-state index in [2.05, 4.69) is 37.2 Å². The van der Waals surface area contributed by atoms with Gasteiger partial charge in [-0.2, -0.15) is 0 Å². The van der Waals surface area contributed by atoms with E-state index in [-0.39, 0.29) is 12.4 Å². The van der Waals surface area contributed by atoms with Crippen molar-refractivity contribution in [3.63, 3.8) is 0 Å². The summed E-state index contributed by atoms with van der Waals surface area (Å²) in [6, 6.07) is 10.8. The molecule has 4 heterocycles. The normalized spacial score (nSPS) is 18.7. The Balaban J connectivity index is 0.000000764. The second-order valence-electron chi connectivity index (χ2n) is 9.26. The van der Waals surface area contributed by atoms with Gasteiger partial charge in [0.05, 0.1) is 29.7 Å². The summed E-state index contributed by atoms with van der Waals surface area (Å²) in [4.78, 5) is 33.7. The van der Waals surface area contributed by atoms with Crippen molar-refractivity contribution in [1.82, 2.24) is 25.1 Å². The Morgan fingerprint density at radius 2 is 2.00 bits per heavy atom. The molecule has 10 heteroatoms. The third-order valence-electron chi connectivity index (χ3n) is 7.04. The molecule has 0 unspecified atom stereocenters. The minimum absolute atomic E-state index is 0.201. The molecule has 2 aromatic heterocycles. The van der Waals surface area contributed by atoms with Crippen molar-refractivity contribution in [3.05, 3.63) is 59.5 Å². The van der Waals surface area contributed by atoms with Gasteiger partial charge in [-0.15, -0.1) is 5.10 Å². The van der Waals surface area contributed by atoms with Gasteiger partial charge in [0.15, 0.2) is 0 Å². The van der Waals surface area contributed by atoms with E-state index < -0.39 is 5.41 Å². The molecule has 34 heavy (non-hydrogen) atoms. The van der Waals surface area contributed by atoms with Crippen molar-refractivity contribution in [1.29, 1.82) is 0 Å². The molecule has 1 saturated heterocycles. The van der Waals surface area contributed by atoms with Crippen LogP contribution in [-0.4, -0.2) is 62.2 Å². The van der Waals surface area contributed by atoms with Crippen LogP contribution >= 0.6 is 0 Å². The minimum atomic E-state index is -0.482. The van der Waals surface area contributed by atoms with Gasteiger partial charge in [-0.3, -0.25) is 9.59 Å². The van der Waals surface area contributed by atoms with E-state index in [0.717, 1.165) is 36.5 Å². The molecule has 10 nitrogen and oxygen atoms in total. The number of aromatic amines is 1. The fourth-order valence-corrected chi connectivity index (χ4v) is 5.02.